The fourth-order valence-electron chi connectivity index (χ4n) is 1.95. The maximum absolute atomic E-state index is 10.7. The van der Waals surface area contributed by atoms with Gasteiger partial charge in [-0.3, -0.25) is 15.5 Å². The molecule has 0 aliphatic rings. The molecule has 0 amide bonds. The van der Waals surface area contributed by atoms with E-state index in [1.165, 1.54) is 23.5 Å². The molecule has 0 fully saturated rings. The predicted octanol–water partition coefficient (Wildman–Crippen LogP) is 4.93. The smallest absolute Gasteiger partial charge is 0.258 e. The number of nitro benzene ring substituents is 1. The van der Waals surface area contributed by atoms with Crippen molar-refractivity contribution in [3.63, 3.8) is 0 Å². The van der Waals surface area contributed by atoms with Crippen molar-refractivity contribution in [3.8, 4) is 11.3 Å². The Morgan fingerprint density at radius 1 is 1.21 bits per heavy atom. The van der Waals surface area contributed by atoms with E-state index in [1.54, 1.807) is 18.3 Å². The molecule has 1 aromatic heterocycles. The van der Waals surface area contributed by atoms with Crippen LogP contribution >= 0.6 is 27.3 Å². The fraction of sp³-hybridized carbons (Fsp3) is 0. The molecule has 1 N–H and O–H groups in total. The highest BCUT2D eigenvalue weighted by Gasteiger charge is 2.08. The summed E-state index contributed by atoms with van der Waals surface area (Å²) in [6, 6.07) is 14.0. The molecule has 6 nitrogen and oxygen atoms in total. The van der Waals surface area contributed by atoms with Crippen molar-refractivity contribution >= 4 is 44.3 Å². The highest BCUT2D eigenvalue weighted by atomic mass is 79.9. The molecule has 0 radical (unpaired) electrons. The van der Waals surface area contributed by atoms with Gasteiger partial charge in [-0.2, -0.15) is 5.10 Å². The van der Waals surface area contributed by atoms with Crippen molar-refractivity contribution in [3.05, 3.63) is 74.1 Å². The maximum Gasteiger partial charge on any atom is 0.269 e. The van der Waals surface area contributed by atoms with Crippen LogP contribution in [0, 0.1) is 10.1 Å². The highest BCUT2D eigenvalue weighted by molar-refractivity contribution is 9.10. The van der Waals surface area contributed by atoms with Gasteiger partial charge in [0, 0.05) is 33.1 Å². The van der Waals surface area contributed by atoms with Gasteiger partial charge in [0.05, 0.1) is 16.8 Å². The summed E-state index contributed by atoms with van der Waals surface area (Å²) in [4.78, 5) is 14.7. The van der Waals surface area contributed by atoms with Gasteiger partial charge in [0.15, 0.2) is 0 Å². The first-order valence-electron chi connectivity index (χ1n) is 6.87. The van der Waals surface area contributed by atoms with Crippen LogP contribution in [-0.4, -0.2) is 16.1 Å². The lowest BCUT2D eigenvalue weighted by Crippen LogP contribution is -1.91. The minimum absolute atomic E-state index is 0.0605. The van der Waals surface area contributed by atoms with Crippen LogP contribution in [0.1, 0.15) is 5.56 Å². The van der Waals surface area contributed by atoms with Gasteiger partial charge in [0.2, 0.25) is 5.13 Å². The van der Waals surface area contributed by atoms with Crippen molar-refractivity contribution in [2.75, 3.05) is 5.43 Å². The number of hydrogen-bond acceptors (Lipinski definition) is 6. The van der Waals surface area contributed by atoms with E-state index in [2.05, 4.69) is 31.4 Å². The lowest BCUT2D eigenvalue weighted by molar-refractivity contribution is -0.384. The third kappa shape index (κ3) is 3.84. The van der Waals surface area contributed by atoms with Crippen molar-refractivity contribution in [1.29, 1.82) is 0 Å². The number of rotatable bonds is 5. The summed E-state index contributed by atoms with van der Waals surface area (Å²) in [5, 5.41) is 17.4. The SMILES string of the molecule is O=[N+]([O-])c1ccc(-c2csc(N/N=C/c3ccccc3Br)n2)cc1. The van der Waals surface area contributed by atoms with Gasteiger partial charge in [-0.15, -0.1) is 11.3 Å². The van der Waals surface area contributed by atoms with Crippen molar-refractivity contribution in [2.45, 2.75) is 0 Å². The molecule has 0 spiro atoms. The van der Waals surface area contributed by atoms with Crippen LogP contribution in [0.15, 0.2) is 63.5 Å². The summed E-state index contributed by atoms with van der Waals surface area (Å²) < 4.78 is 0.959. The average Bonchev–Trinajstić information content (AvgIpc) is 3.05. The lowest BCUT2D eigenvalue weighted by atomic mass is 10.1. The fourth-order valence-corrected chi connectivity index (χ4v) is 3.00. The molecule has 0 saturated carbocycles. The molecule has 3 aromatic rings. The van der Waals surface area contributed by atoms with Crippen LogP contribution in [0.2, 0.25) is 0 Å². The van der Waals surface area contributed by atoms with Crippen molar-refractivity contribution in [2.24, 2.45) is 5.10 Å². The van der Waals surface area contributed by atoms with Crippen molar-refractivity contribution < 1.29 is 4.92 Å². The summed E-state index contributed by atoms with van der Waals surface area (Å²) in [6.07, 6.45) is 1.71. The Labute approximate surface area is 150 Å². The van der Waals surface area contributed by atoms with Crippen LogP contribution in [0.4, 0.5) is 10.8 Å². The van der Waals surface area contributed by atoms with Gasteiger partial charge < -0.3 is 0 Å². The number of hydrogen-bond donors (Lipinski definition) is 1. The summed E-state index contributed by atoms with van der Waals surface area (Å²) in [6.45, 7) is 0. The Morgan fingerprint density at radius 3 is 2.67 bits per heavy atom. The van der Waals surface area contributed by atoms with E-state index in [1.807, 2.05) is 29.6 Å². The van der Waals surface area contributed by atoms with Crippen LogP contribution in [0.5, 0.6) is 0 Å². The Balaban J connectivity index is 1.69. The lowest BCUT2D eigenvalue weighted by Gasteiger charge is -1.97. The summed E-state index contributed by atoms with van der Waals surface area (Å²) in [5.74, 6) is 0. The molecule has 0 aliphatic carbocycles. The Bertz CT molecular complexity index is 893. The number of nitrogens with one attached hydrogen (secondary N) is 1. The quantitative estimate of drug-likeness (QED) is 0.372. The van der Waals surface area contributed by atoms with Crippen LogP contribution in [0.25, 0.3) is 11.3 Å². The Hall–Kier alpha value is -2.58. The van der Waals surface area contributed by atoms with E-state index in [9.17, 15) is 10.1 Å². The predicted molar refractivity (Wildman–Crippen MR) is 99.6 cm³/mol. The highest BCUT2D eigenvalue weighted by Crippen LogP contribution is 2.26. The number of aromatic nitrogens is 1. The number of thiazole rings is 1. The number of anilines is 1. The standard InChI is InChI=1S/C16H11BrN4O2S/c17-14-4-2-1-3-12(14)9-18-20-16-19-15(10-24-16)11-5-7-13(8-6-11)21(22)23/h1-10H,(H,19,20)/b18-9+. The molecule has 0 bridgehead atoms. The van der Waals surface area contributed by atoms with Gasteiger partial charge in [0.1, 0.15) is 0 Å². The third-order valence-electron chi connectivity index (χ3n) is 3.15. The van der Waals surface area contributed by atoms with E-state index in [0.717, 1.165) is 21.3 Å². The van der Waals surface area contributed by atoms with E-state index >= 15 is 0 Å². The molecule has 24 heavy (non-hydrogen) atoms. The van der Waals surface area contributed by atoms with Gasteiger partial charge in [-0.25, -0.2) is 4.98 Å². The second-order valence-corrected chi connectivity index (χ2v) is 6.45. The summed E-state index contributed by atoms with van der Waals surface area (Å²) in [7, 11) is 0. The van der Waals surface area contributed by atoms with Gasteiger partial charge in [-0.1, -0.05) is 34.1 Å². The van der Waals surface area contributed by atoms with E-state index in [4.69, 9.17) is 0 Å². The monoisotopic (exact) mass is 402 g/mol. The second-order valence-electron chi connectivity index (χ2n) is 4.73. The second kappa shape index (κ2) is 7.33. The van der Waals surface area contributed by atoms with Crippen LogP contribution in [-0.2, 0) is 0 Å². The molecule has 0 atom stereocenters. The zero-order valence-electron chi connectivity index (χ0n) is 12.2. The molecular formula is C16H11BrN4O2S. The zero-order chi connectivity index (χ0) is 16.9. The molecule has 3 rings (SSSR count). The van der Waals surface area contributed by atoms with Gasteiger partial charge in [-0.05, 0) is 18.2 Å². The number of halogens is 1. The topological polar surface area (TPSA) is 80.4 Å². The normalized spacial score (nSPS) is 10.9. The first-order valence-corrected chi connectivity index (χ1v) is 8.55. The number of non-ortho nitro benzene ring substituents is 1. The van der Waals surface area contributed by atoms with Gasteiger partial charge >= 0.3 is 0 Å². The largest absolute Gasteiger partial charge is 0.269 e. The molecule has 120 valence electrons. The van der Waals surface area contributed by atoms with E-state index in [0.29, 0.717) is 5.13 Å². The zero-order valence-corrected chi connectivity index (χ0v) is 14.6. The van der Waals surface area contributed by atoms with Crippen LogP contribution < -0.4 is 5.43 Å². The molecule has 8 heteroatoms. The number of hydrazone groups is 1. The Morgan fingerprint density at radius 2 is 1.96 bits per heavy atom. The van der Waals surface area contributed by atoms with E-state index in [-0.39, 0.29) is 5.69 Å². The molecule has 0 saturated heterocycles. The van der Waals surface area contributed by atoms with Crippen LogP contribution in [0.3, 0.4) is 0 Å². The van der Waals surface area contributed by atoms with Crippen molar-refractivity contribution in [1.82, 2.24) is 4.98 Å². The van der Waals surface area contributed by atoms with E-state index < -0.39 is 4.92 Å². The van der Waals surface area contributed by atoms with Gasteiger partial charge in [0.25, 0.3) is 5.69 Å². The molecule has 0 aliphatic heterocycles. The summed E-state index contributed by atoms with van der Waals surface area (Å²) >= 11 is 4.87. The molecular weight excluding hydrogens is 392 g/mol. The first-order chi connectivity index (χ1) is 11.6. The molecule has 2 aromatic carbocycles. The first kappa shape index (κ1) is 16.3. The minimum Gasteiger partial charge on any atom is -0.258 e. The minimum atomic E-state index is -0.422. The maximum atomic E-state index is 10.7. The number of nitrogens with zero attached hydrogens (tertiary/aromatic N) is 3. The summed E-state index contributed by atoms with van der Waals surface area (Å²) in [5.41, 5.74) is 5.47. The number of benzene rings is 2. The Kier molecular flexibility index (Phi) is 4.97. The number of nitro groups is 1. The third-order valence-corrected chi connectivity index (χ3v) is 4.62. The molecule has 1 heterocycles. The molecule has 0 unspecified atom stereocenters. The average molecular weight is 403 g/mol.